The number of rotatable bonds is 8. The Labute approximate surface area is 159 Å². The number of carbonyl (C=O) groups excluding carboxylic acids is 1. The number of nitrogens with one attached hydrogen (secondary N) is 1. The summed E-state index contributed by atoms with van der Waals surface area (Å²) in [5, 5.41) is 2.79. The van der Waals surface area contributed by atoms with Crippen LogP contribution < -0.4 is 10.1 Å². The molecule has 0 bridgehead atoms. The summed E-state index contributed by atoms with van der Waals surface area (Å²) in [6, 6.07) is 12.4. The second-order valence-electron chi connectivity index (χ2n) is 6.22. The van der Waals surface area contributed by atoms with Crippen molar-refractivity contribution in [2.75, 3.05) is 19.9 Å². The number of halogens is 1. The minimum atomic E-state index is -3.62. The van der Waals surface area contributed by atoms with E-state index in [4.69, 9.17) is 4.74 Å². The van der Waals surface area contributed by atoms with Crippen LogP contribution in [0.2, 0.25) is 0 Å². The first-order valence-electron chi connectivity index (χ1n) is 8.32. The molecule has 0 heterocycles. The average molecular weight is 394 g/mol. The molecule has 1 amide bonds. The molecule has 0 spiro atoms. The highest BCUT2D eigenvalue weighted by molar-refractivity contribution is 7.88. The number of hydrogen-bond acceptors (Lipinski definition) is 4. The van der Waals surface area contributed by atoms with E-state index in [-0.39, 0.29) is 19.1 Å². The van der Waals surface area contributed by atoms with Gasteiger partial charge in [-0.1, -0.05) is 24.3 Å². The van der Waals surface area contributed by atoms with Crippen LogP contribution in [0.1, 0.15) is 24.1 Å². The zero-order chi connectivity index (χ0) is 20.0. The molecule has 0 aliphatic rings. The van der Waals surface area contributed by atoms with Crippen molar-refractivity contribution in [3.8, 4) is 5.75 Å². The molecule has 0 radical (unpaired) electrons. The third-order valence-corrected chi connectivity index (χ3v) is 5.25. The molecule has 8 heteroatoms. The van der Waals surface area contributed by atoms with Crippen molar-refractivity contribution in [2.24, 2.45) is 0 Å². The van der Waals surface area contributed by atoms with Gasteiger partial charge < -0.3 is 10.1 Å². The van der Waals surface area contributed by atoms with Crippen molar-refractivity contribution in [3.63, 3.8) is 0 Å². The SMILES string of the molecule is COc1ccc([C@H](C)NC(=O)CN(Cc2ccc(F)cc2)S(C)(=O)=O)cc1. The predicted molar refractivity (Wildman–Crippen MR) is 101 cm³/mol. The maximum absolute atomic E-state index is 13.0. The molecule has 0 aliphatic carbocycles. The van der Waals surface area contributed by atoms with Crippen molar-refractivity contribution < 1.29 is 22.3 Å². The Kier molecular flexibility index (Phi) is 6.92. The zero-order valence-corrected chi connectivity index (χ0v) is 16.3. The van der Waals surface area contributed by atoms with Gasteiger partial charge in [0.25, 0.3) is 0 Å². The lowest BCUT2D eigenvalue weighted by molar-refractivity contribution is -0.122. The third-order valence-electron chi connectivity index (χ3n) is 4.05. The van der Waals surface area contributed by atoms with E-state index in [0.717, 1.165) is 16.1 Å². The van der Waals surface area contributed by atoms with Crippen molar-refractivity contribution in [1.82, 2.24) is 9.62 Å². The van der Waals surface area contributed by atoms with Gasteiger partial charge in [0.15, 0.2) is 0 Å². The summed E-state index contributed by atoms with van der Waals surface area (Å²) >= 11 is 0. The molecule has 27 heavy (non-hydrogen) atoms. The summed E-state index contributed by atoms with van der Waals surface area (Å²) in [6.45, 7) is 1.48. The van der Waals surface area contributed by atoms with E-state index in [1.807, 2.05) is 19.1 Å². The van der Waals surface area contributed by atoms with Gasteiger partial charge in [-0.15, -0.1) is 0 Å². The van der Waals surface area contributed by atoms with Crippen LogP contribution in [0.25, 0.3) is 0 Å². The van der Waals surface area contributed by atoms with Gasteiger partial charge in [0, 0.05) is 6.54 Å². The first kappa shape index (κ1) is 20.9. The summed E-state index contributed by atoms with van der Waals surface area (Å²) in [4.78, 5) is 12.3. The van der Waals surface area contributed by atoms with Gasteiger partial charge in [0.2, 0.25) is 15.9 Å². The Morgan fingerprint density at radius 1 is 1.15 bits per heavy atom. The number of amides is 1. The standard InChI is InChI=1S/C19H23FN2O4S/c1-14(16-6-10-18(26-2)11-7-16)21-19(23)13-22(27(3,24)25)12-15-4-8-17(20)9-5-15/h4-11,14H,12-13H2,1-3H3,(H,21,23)/t14-/m0/s1. The molecular weight excluding hydrogens is 371 g/mol. The number of hydrogen-bond donors (Lipinski definition) is 1. The van der Waals surface area contributed by atoms with Crippen molar-refractivity contribution in [1.29, 1.82) is 0 Å². The Morgan fingerprint density at radius 3 is 2.26 bits per heavy atom. The van der Waals surface area contributed by atoms with E-state index in [0.29, 0.717) is 11.3 Å². The fraction of sp³-hybridized carbons (Fsp3) is 0.316. The van der Waals surface area contributed by atoms with Gasteiger partial charge in [0.1, 0.15) is 11.6 Å². The molecule has 2 aromatic rings. The van der Waals surface area contributed by atoms with Crippen LogP contribution in [0.4, 0.5) is 4.39 Å². The van der Waals surface area contributed by atoms with E-state index < -0.39 is 21.7 Å². The van der Waals surface area contributed by atoms with Crippen LogP contribution in [-0.4, -0.2) is 38.5 Å². The first-order valence-corrected chi connectivity index (χ1v) is 10.2. The Hall–Kier alpha value is -2.45. The molecular formula is C19H23FN2O4S. The van der Waals surface area contributed by atoms with Crippen LogP contribution in [-0.2, 0) is 21.4 Å². The first-order chi connectivity index (χ1) is 12.7. The van der Waals surface area contributed by atoms with Crippen molar-refractivity contribution in [2.45, 2.75) is 19.5 Å². The molecule has 0 saturated carbocycles. The summed E-state index contributed by atoms with van der Waals surface area (Å²) in [7, 11) is -2.04. The lowest BCUT2D eigenvalue weighted by Gasteiger charge is -2.21. The highest BCUT2D eigenvalue weighted by Crippen LogP contribution is 2.17. The smallest absolute Gasteiger partial charge is 0.235 e. The molecule has 2 aromatic carbocycles. The van der Waals surface area contributed by atoms with Gasteiger partial charge in [-0.3, -0.25) is 4.79 Å². The van der Waals surface area contributed by atoms with Gasteiger partial charge in [0.05, 0.1) is 26.0 Å². The lowest BCUT2D eigenvalue weighted by Crippen LogP contribution is -2.40. The molecule has 146 valence electrons. The molecule has 0 fully saturated rings. The van der Waals surface area contributed by atoms with Crippen LogP contribution in [0.5, 0.6) is 5.75 Å². The number of carbonyl (C=O) groups is 1. The molecule has 2 rings (SSSR count). The minimum absolute atomic E-state index is 0.0105. The fourth-order valence-corrected chi connectivity index (χ4v) is 3.24. The van der Waals surface area contributed by atoms with Gasteiger partial charge >= 0.3 is 0 Å². The number of nitrogens with zero attached hydrogens (tertiary/aromatic N) is 1. The molecule has 0 aliphatic heterocycles. The van der Waals surface area contributed by atoms with E-state index in [1.54, 1.807) is 19.2 Å². The average Bonchev–Trinajstić information content (AvgIpc) is 2.62. The van der Waals surface area contributed by atoms with Crippen molar-refractivity contribution >= 4 is 15.9 Å². The van der Waals surface area contributed by atoms with Gasteiger partial charge in [-0.2, -0.15) is 4.31 Å². The Morgan fingerprint density at radius 2 is 1.74 bits per heavy atom. The third kappa shape index (κ3) is 6.33. The second kappa shape index (κ2) is 8.96. The summed E-state index contributed by atoms with van der Waals surface area (Å²) in [5.41, 5.74) is 1.46. The summed E-state index contributed by atoms with van der Waals surface area (Å²) < 4.78 is 43.2. The molecule has 6 nitrogen and oxygen atoms in total. The molecule has 0 aromatic heterocycles. The van der Waals surface area contributed by atoms with E-state index in [2.05, 4.69) is 5.32 Å². The normalized spacial score (nSPS) is 12.6. The number of sulfonamides is 1. The second-order valence-corrected chi connectivity index (χ2v) is 8.20. The van der Waals surface area contributed by atoms with E-state index in [1.165, 1.54) is 24.3 Å². The molecule has 0 unspecified atom stereocenters. The molecule has 0 saturated heterocycles. The van der Waals surface area contributed by atoms with E-state index >= 15 is 0 Å². The minimum Gasteiger partial charge on any atom is -0.497 e. The lowest BCUT2D eigenvalue weighted by atomic mass is 10.1. The highest BCUT2D eigenvalue weighted by atomic mass is 32.2. The Bertz CT molecular complexity index is 868. The molecule has 1 atom stereocenters. The zero-order valence-electron chi connectivity index (χ0n) is 15.5. The molecule has 1 N–H and O–H groups in total. The van der Waals surface area contributed by atoms with Crippen molar-refractivity contribution in [3.05, 3.63) is 65.5 Å². The van der Waals surface area contributed by atoms with Gasteiger partial charge in [-0.25, -0.2) is 12.8 Å². The van der Waals surface area contributed by atoms with Crippen LogP contribution in [0.3, 0.4) is 0 Å². The van der Waals surface area contributed by atoms with Crippen LogP contribution in [0, 0.1) is 5.82 Å². The number of methoxy groups -OCH3 is 1. The number of benzene rings is 2. The van der Waals surface area contributed by atoms with E-state index in [9.17, 15) is 17.6 Å². The monoisotopic (exact) mass is 394 g/mol. The van der Waals surface area contributed by atoms with Crippen LogP contribution in [0.15, 0.2) is 48.5 Å². The van der Waals surface area contributed by atoms with Crippen LogP contribution >= 0.6 is 0 Å². The Balaban J connectivity index is 2.03. The fourth-order valence-electron chi connectivity index (χ4n) is 2.51. The summed E-state index contributed by atoms with van der Waals surface area (Å²) in [6.07, 6.45) is 1.04. The predicted octanol–water partition coefficient (Wildman–Crippen LogP) is 2.47. The topological polar surface area (TPSA) is 75.7 Å². The van der Waals surface area contributed by atoms with Gasteiger partial charge in [-0.05, 0) is 42.3 Å². The summed E-state index contributed by atoms with van der Waals surface area (Å²) in [5.74, 6) is -0.124. The maximum atomic E-state index is 13.0. The highest BCUT2D eigenvalue weighted by Gasteiger charge is 2.21. The number of ether oxygens (including phenoxy) is 1. The maximum Gasteiger partial charge on any atom is 0.235 e. The quantitative estimate of drug-likeness (QED) is 0.746. The largest absolute Gasteiger partial charge is 0.497 e.